The zero-order chi connectivity index (χ0) is 13.9. The second-order valence-corrected chi connectivity index (χ2v) is 5.80. The van der Waals surface area contributed by atoms with E-state index in [1.54, 1.807) is 0 Å². The van der Waals surface area contributed by atoms with Crippen molar-refractivity contribution in [3.8, 4) is 0 Å². The molecule has 0 radical (unpaired) electrons. The van der Waals surface area contributed by atoms with Gasteiger partial charge in [0.25, 0.3) is 0 Å². The lowest BCUT2D eigenvalue weighted by Gasteiger charge is -2.10. The fraction of sp³-hybridized carbons (Fsp3) is 0.500. The van der Waals surface area contributed by atoms with Crippen molar-refractivity contribution in [2.75, 3.05) is 11.5 Å². The average Bonchev–Trinajstić information content (AvgIpc) is 3.06. The highest BCUT2D eigenvalue weighted by molar-refractivity contribution is 7.99. The Morgan fingerprint density at radius 1 is 1.45 bits per heavy atom. The summed E-state index contributed by atoms with van der Waals surface area (Å²) in [4.78, 5) is 27.1. The molecule has 3 rings (SSSR count). The number of H-pyrrole nitrogens is 1. The molecule has 106 valence electrons. The van der Waals surface area contributed by atoms with Crippen molar-refractivity contribution in [3.05, 3.63) is 6.33 Å². The molecule has 0 spiro atoms. The molecule has 20 heavy (non-hydrogen) atoms. The molecule has 8 heteroatoms. The Morgan fingerprint density at radius 2 is 2.25 bits per heavy atom. The van der Waals surface area contributed by atoms with Crippen LogP contribution < -0.4 is 11.1 Å². The summed E-state index contributed by atoms with van der Waals surface area (Å²) in [6.07, 6.45) is 5.97. The largest absolute Gasteiger partial charge is 0.382 e. The Morgan fingerprint density at radius 3 is 3.00 bits per heavy atom. The summed E-state index contributed by atoms with van der Waals surface area (Å²) in [5.74, 6) is 0.745. The Kier molecular flexibility index (Phi) is 3.72. The third kappa shape index (κ3) is 2.84. The number of nitrogen functional groups attached to an aromatic ring is 1. The molecule has 1 aliphatic carbocycles. The van der Waals surface area contributed by atoms with E-state index in [2.05, 4.69) is 25.3 Å². The average molecular weight is 292 g/mol. The van der Waals surface area contributed by atoms with Crippen LogP contribution in [0.3, 0.4) is 0 Å². The van der Waals surface area contributed by atoms with Gasteiger partial charge in [-0.05, 0) is 12.8 Å². The second kappa shape index (κ2) is 5.66. The standard InChI is InChI=1S/C12H16N6OS/c13-10-9-11(15-6-14-10)18-12(17-9)20-5-8(19)16-7-3-1-2-4-7/h6-7H,1-5H2,(H,16,19)(H3,13,14,15,17,18). The number of amides is 1. The summed E-state index contributed by atoms with van der Waals surface area (Å²) in [5, 5.41) is 3.67. The van der Waals surface area contributed by atoms with Crippen LogP contribution in [0.4, 0.5) is 5.82 Å². The number of aromatic amines is 1. The predicted octanol–water partition coefficient (Wildman–Crippen LogP) is 1.09. The van der Waals surface area contributed by atoms with Crippen molar-refractivity contribution in [1.29, 1.82) is 0 Å². The number of hydrogen-bond acceptors (Lipinski definition) is 6. The van der Waals surface area contributed by atoms with E-state index in [-0.39, 0.29) is 5.91 Å². The zero-order valence-electron chi connectivity index (χ0n) is 10.9. The fourth-order valence-corrected chi connectivity index (χ4v) is 3.04. The van der Waals surface area contributed by atoms with Crippen molar-refractivity contribution in [2.24, 2.45) is 0 Å². The zero-order valence-corrected chi connectivity index (χ0v) is 11.7. The van der Waals surface area contributed by atoms with Gasteiger partial charge in [-0.3, -0.25) is 4.79 Å². The van der Waals surface area contributed by atoms with Crippen LogP contribution in [0.15, 0.2) is 11.5 Å². The van der Waals surface area contributed by atoms with Crippen LogP contribution >= 0.6 is 11.8 Å². The van der Waals surface area contributed by atoms with Crippen molar-refractivity contribution < 1.29 is 4.79 Å². The summed E-state index contributed by atoms with van der Waals surface area (Å²) in [6, 6.07) is 0.347. The minimum atomic E-state index is 0.0430. The Hall–Kier alpha value is -1.83. The van der Waals surface area contributed by atoms with Crippen molar-refractivity contribution >= 4 is 34.7 Å². The first-order valence-electron chi connectivity index (χ1n) is 6.61. The summed E-state index contributed by atoms with van der Waals surface area (Å²) >= 11 is 1.34. The number of imidazole rings is 1. The topological polar surface area (TPSA) is 110 Å². The van der Waals surface area contributed by atoms with E-state index >= 15 is 0 Å². The first-order valence-corrected chi connectivity index (χ1v) is 7.59. The van der Waals surface area contributed by atoms with Gasteiger partial charge in [0, 0.05) is 6.04 Å². The molecule has 0 bridgehead atoms. The molecule has 0 atom stereocenters. The number of thioether (sulfide) groups is 1. The highest BCUT2D eigenvalue weighted by atomic mass is 32.2. The van der Waals surface area contributed by atoms with Gasteiger partial charge in [0.1, 0.15) is 11.8 Å². The summed E-state index contributed by atoms with van der Waals surface area (Å²) in [7, 11) is 0. The van der Waals surface area contributed by atoms with Gasteiger partial charge >= 0.3 is 0 Å². The van der Waals surface area contributed by atoms with Gasteiger partial charge in [-0.25, -0.2) is 15.0 Å². The molecule has 1 saturated carbocycles. The van der Waals surface area contributed by atoms with E-state index in [0.29, 0.717) is 33.9 Å². The number of nitrogens with zero attached hydrogens (tertiary/aromatic N) is 3. The smallest absolute Gasteiger partial charge is 0.230 e. The van der Waals surface area contributed by atoms with Crippen LogP contribution in [0.2, 0.25) is 0 Å². The third-order valence-electron chi connectivity index (χ3n) is 3.36. The molecule has 4 N–H and O–H groups in total. The number of anilines is 1. The van der Waals surface area contributed by atoms with Crippen molar-refractivity contribution in [3.63, 3.8) is 0 Å². The second-order valence-electron chi connectivity index (χ2n) is 4.84. The van der Waals surface area contributed by atoms with Crippen LogP contribution in [-0.4, -0.2) is 37.6 Å². The number of carbonyl (C=O) groups is 1. The highest BCUT2D eigenvalue weighted by Crippen LogP contribution is 2.21. The Bertz CT molecular complexity index is 621. The molecule has 2 aromatic rings. The summed E-state index contributed by atoms with van der Waals surface area (Å²) in [6.45, 7) is 0. The quantitative estimate of drug-likeness (QED) is 0.728. The van der Waals surface area contributed by atoms with Gasteiger partial charge in [0.2, 0.25) is 5.91 Å². The highest BCUT2D eigenvalue weighted by Gasteiger charge is 2.17. The number of aromatic nitrogens is 4. The normalized spacial score (nSPS) is 15.8. The summed E-state index contributed by atoms with van der Waals surface area (Å²) in [5.41, 5.74) is 6.86. The van der Waals surface area contributed by atoms with Gasteiger partial charge < -0.3 is 16.0 Å². The molecule has 1 amide bonds. The molecule has 0 unspecified atom stereocenters. The monoisotopic (exact) mass is 292 g/mol. The molecule has 0 saturated heterocycles. The molecular formula is C12H16N6OS. The van der Waals surface area contributed by atoms with Crippen LogP contribution in [0.1, 0.15) is 25.7 Å². The van der Waals surface area contributed by atoms with Crippen molar-refractivity contribution in [1.82, 2.24) is 25.3 Å². The Labute approximate surface area is 120 Å². The number of nitrogens with one attached hydrogen (secondary N) is 2. The van der Waals surface area contributed by atoms with Crippen LogP contribution in [0.25, 0.3) is 11.2 Å². The van der Waals surface area contributed by atoms with Crippen LogP contribution in [-0.2, 0) is 4.79 Å². The maximum absolute atomic E-state index is 11.8. The molecule has 1 aliphatic rings. The Balaban J connectivity index is 1.59. The van der Waals surface area contributed by atoms with Gasteiger partial charge in [0.15, 0.2) is 16.6 Å². The van der Waals surface area contributed by atoms with E-state index in [1.807, 2.05) is 0 Å². The lowest BCUT2D eigenvalue weighted by atomic mass is 10.2. The van der Waals surface area contributed by atoms with Gasteiger partial charge in [-0.1, -0.05) is 24.6 Å². The van der Waals surface area contributed by atoms with Crippen molar-refractivity contribution in [2.45, 2.75) is 36.9 Å². The van der Waals surface area contributed by atoms with E-state index in [4.69, 9.17) is 5.73 Å². The number of carbonyl (C=O) groups excluding carboxylic acids is 1. The lowest BCUT2D eigenvalue weighted by Crippen LogP contribution is -2.33. The number of nitrogens with two attached hydrogens (primary N) is 1. The van der Waals surface area contributed by atoms with E-state index < -0.39 is 0 Å². The number of rotatable bonds is 4. The first kappa shape index (κ1) is 13.2. The third-order valence-corrected chi connectivity index (χ3v) is 4.23. The van der Waals surface area contributed by atoms with E-state index in [1.165, 1.54) is 30.9 Å². The molecule has 2 heterocycles. The maximum atomic E-state index is 11.8. The lowest BCUT2D eigenvalue weighted by molar-refractivity contribution is -0.119. The SMILES string of the molecule is Nc1ncnc2nc(SCC(=O)NC3CCCC3)[nH]c12. The van der Waals surface area contributed by atoms with Crippen LogP contribution in [0, 0.1) is 0 Å². The van der Waals surface area contributed by atoms with Gasteiger partial charge in [0.05, 0.1) is 5.75 Å². The first-order chi connectivity index (χ1) is 9.72. The predicted molar refractivity (Wildman–Crippen MR) is 77.2 cm³/mol. The van der Waals surface area contributed by atoms with E-state index in [0.717, 1.165) is 12.8 Å². The minimum Gasteiger partial charge on any atom is -0.382 e. The number of fused-ring (bicyclic) bond motifs is 1. The van der Waals surface area contributed by atoms with Crippen LogP contribution in [0.5, 0.6) is 0 Å². The maximum Gasteiger partial charge on any atom is 0.230 e. The minimum absolute atomic E-state index is 0.0430. The number of hydrogen-bond donors (Lipinski definition) is 3. The van der Waals surface area contributed by atoms with Gasteiger partial charge in [-0.15, -0.1) is 0 Å². The summed E-state index contributed by atoms with van der Waals surface area (Å²) < 4.78 is 0. The van der Waals surface area contributed by atoms with E-state index in [9.17, 15) is 4.79 Å². The molecular weight excluding hydrogens is 276 g/mol. The fourth-order valence-electron chi connectivity index (χ4n) is 2.37. The molecule has 0 aromatic carbocycles. The molecule has 0 aliphatic heterocycles. The molecule has 2 aromatic heterocycles. The molecule has 7 nitrogen and oxygen atoms in total. The van der Waals surface area contributed by atoms with Gasteiger partial charge in [-0.2, -0.15) is 0 Å². The molecule has 1 fully saturated rings.